The van der Waals surface area contributed by atoms with Crippen molar-refractivity contribution in [2.24, 2.45) is 0 Å². The molecule has 3 heteroatoms. The number of phenols is 1. The molecule has 0 aliphatic carbocycles. The maximum absolute atomic E-state index is 9.61. The van der Waals surface area contributed by atoms with E-state index in [-0.39, 0.29) is 0 Å². The number of nitrogens with zero attached hydrogens (tertiary/aromatic N) is 1. The highest BCUT2D eigenvalue weighted by Gasteiger charge is 2.04. The molecule has 1 aromatic carbocycles. The van der Waals surface area contributed by atoms with E-state index in [0.717, 1.165) is 15.7 Å². The first-order valence-corrected chi connectivity index (χ1v) is 4.80. The molecule has 0 atom stereocenters. The van der Waals surface area contributed by atoms with Gasteiger partial charge in [0.05, 0.1) is 3.57 Å². The molecule has 0 saturated heterocycles. The van der Waals surface area contributed by atoms with E-state index >= 15 is 0 Å². The molecule has 0 heterocycles. The van der Waals surface area contributed by atoms with Crippen LogP contribution in [0.25, 0.3) is 0 Å². The normalized spacial score (nSPS) is 10.7. The number of para-hydroxylation sites is 1. The first-order valence-electron chi connectivity index (χ1n) is 3.72. The molecule has 0 aromatic heterocycles. The van der Waals surface area contributed by atoms with Crippen molar-refractivity contribution in [1.29, 1.82) is 0 Å². The average molecular weight is 277 g/mol. The quantitative estimate of drug-likeness (QED) is 0.836. The van der Waals surface area contributed by atoms with Gasteiger partial charge in [-0.25, -0.2) is 0 Å². The molecule has 0 unspecified atom stereocenters. The molecule has 0 bridgehead atoms. The third kappa shape index (κ3) is 2.35. The van der Waals surface area contributed by atoms with E-state index in [1.807, 2.05) is 37.2 Å². The van der Waals surface area contributed by atoms with Gasteiger partial charge in [0.15, 0.2) is 0 Å². The van der Waals surface area contributed by atoms with Crippen LogP contribution in [-0.4, -0.2) is 24.1 Å². The minimum atomic E-state index is 0.409. The topological polar surface area (TPSA) is 23.5 Å². The van der Waals surface area contributed by atoms with Gasteiger partial charge in [-0.2, -0.15) is 0 Å². The molecule has 66 valence electrons. The van der Waals surface area contributed by atoms with Crippen LogP contribution >= 0.6 is 22.6 Å². The molecule has 0 aliphatic rings. The SMILES string of the molecule is CN(C)Cc1cccc(I)c1O. The van der Waals surface area contributed by atoms with Crippen molar-refractivity contribution < 1.29 is 5.11 Å². The zero-order valence-corrected chi connectivity index (χ0v) is 9.37. The van der Waals surface area contributed by atoms with Crippen molar-refractivity contribution in [2.75, 3.05) is 14.1 Å². The summed E-state index contributed by atoms with van der Waals surface area (Å²) in [5.41, 5.74) is 0.979. The number of hydrogen-bond donors (Lipinski definition) is 1. The Hall–Kier alpha value is -0.290. The molecular weight excluding hydrogens is 265 g/mol. The summed E-state index contributed by atoms with van der Waals surface area (Å²) in [5, 5.41) is 9.61. The molecule has 1 aromatic rings. The Kier molecular flexibility index (Phi) is 3.34. The zero-order valence-electron chi connectivity index (χ0n) is 7.21. The van der Waals surface area contributed by atoms with E-state index in [0.29, 0.717) is 5.75 Å². The van der Waals surface area contributed by atoms with Crippen molar-refractivity contribution in [3.63, 3.8) is 0 Å². The summed E-state index contributed by atoms with van der Waals surface area (Å²) in [5.74, 6) is 0.409. The highest BCUT2D eigenvalue weighted by atomic mass is 127. The number of rotatable bonds is 2. The zero-order chi connectivity index (χ0) is 9.14. The molecule has 0 saturated carbocycles. The molecule has 2 nitrogen and oxygen atoms in total. The Morgan fingerprint density at radius 3 is 2.67 bits per heavy atom. The fourth-order valence-electron chi connectivity index (χ4n) is 1.03. The van der Waals surface area contributed by atoms with Gasteiger partial charge in [0.1, 0.15) is 5.75 Å². The maximum Gasteiger partial charge on any atom is 0.133 e. The lowest BCUT2D eigenvalue weighted by Gasteiger charge is -2.11. The van der Waals surface area contributed by atoms with Gasteiger partial charge < -0.3 is 10.0 Å². The molecule has 0 aliphatic heterocycles. The number of halogens is 1. The summed E-state index contributed by atoms with van der Waals surface area (Å²) >= 11 is 2.13. The van der Waals surface area contributed by atoms with E-state index < -0.39 is 0 Å². The Morgan fingerprint density at radius 2 is 2.08 bits per heavy atom. The number of phenolic OH excluding ortho intramolecular Hbond substituents is 1. The van der Waals surface area contributed by atoms with E-state index in [1.165, 1.54) is 0 Å². The van der Waals surface area contributed by atoms with Gasteiger partial charge >= 0.3 is 0 Å². The fourth-order valence-corrected chi connectivity index (χ4v) is 1.58. The Balaban J connectivity index is 2.92. The van der Waals surface area contributed by atoms with Crippen LogP contribution in [0.15, 0.2) is 18.2 Å². The molecule has 0 spiro atoms. The van der Waals surface area contributed by atoms with E-state index in [9.17, 15) is 5.11 Å². The summed E-state index contributed by atoms with van der Waals surface area (Å²) < 4.78 is 0.909. The monoisotopic (exact) mass is 277 g/mol. The fraction of sp³-hybridized carbons (Fsp3) is 0.333. The predicted molar refractivity (Wildman–Crippen MR) is 58.2 cm³/mol. The lowest BCUT2D eigenvalue weighted by molar-refractivity contribution is 0.385. The molecule has 12 heavy (non-hydrogen) atoms. The third-order valence-corrected chi connectivity index (χ3v) is 2.43. The van der Waals surface area contributed by atoms with Crippen molar-refractivity contribution in [3.8, 4) is 5.75 Å². The van der Waals surface area contributed by atoms with Gasteiger partial charge in [-0.05, 0) is 42.8 Å². The Morgan fingerprint density at radius 1 is 1.42 bits per heavy atom. The van der Waals surface area contributed by atoms with E-state index in [2.05, 4.69) is 22.6 Å². The maximum atomic E-state index is 9.61. The third-order valence-electron chi connectivity index (χ3n) is 1.56. The van der Waals surface area contributed by atoms with Crippen LogP contribution in [0.1, 0.15) is 5.56 Å². The van der Waals surface area contributed by atoms with Crippen LogP contribution in [-0.2, 0) is 6.54 Å². The highest BCUT2D eigenvalue weighted by molar-refractivity contribution is 14.1. The molecule has 1 N–H and O–H groups in total. The standard InChI is InChI=1S/C9H12INO/c1-11(2)6-7-4-3-5-8(10)9(7)12/h3-5,12H,6H2,1-2H3. The molecule has 1 rings (SSSR count). The van der Waals surface area contributed by atoms with Gasteiger partial charge in [-0.3, -0.25) is 0 Å². The lowest BCUT2D eigenvalue weighted by atomic mass is 10.2. The minimum absolute atomic E-state index is 0.409. The van der Waals surface area contributed by atoms with Crippen LogP contribution in [0.2, 0.25) is 0 Å². The van der Waals surface area contributed by atoms with Crippen LogP contribution in [0, 0.1) is 3.57 Å². The van der Waals surface area contributed by atoms with Crippen molar-refractivity contribution in [1.82, 2.24) is 4.90 Å². The summed E-state index contributed by atoms with van der Waals surface area (Å²) in [7, 11) is 3.97. The van der Waals surface area contributed by atoms with Gasteiger partial charge in [0.2, 0.25) is 0 Å². The molecule has 0 amide bonds. The lowest BCUT2D eigenvalue weighted by Crippen LogP contribution is -2.10. The first-order chi connectivity index (χ1) is 5.61. The van der Waals surface area contributed by atoms with E-state index in [1.54, 1.807) is 0 Å². The minimum Gasteiger partial charge on any atom is -0.507 e. The first kappa shape index (κ1) is 9.80. The second-order valence-corrected chi connectivity index (χ2v) is 4.15. The highest BCUT2D eigenvalue weighted by Crippen LogP contribution is 2.24. The molecule has 0 fully saturated rings. The summed E-state index contributed by atoms with van der Waals surface area (Å²) in [4.78, 5) is 2.03. The number of hydrogen-bond acceptors (Lipinski definition) is 2. The number of aromatic hydroxyl groups is 1. The summed E-state index contributed by atoms with van der Waals surface area (Å²) in [6, 6.07) is 5.80. The second kappa shape index (κ2) is 4.09. The Bertz CT molecular complexity index is 273. The number of benzene rings is 1. The van der Waals surface area contributed by atoms with Crippen LogP contribution in [0.5, 0.6) is 5.75 Å². The van der Waals surface area contributed by atoms with Gasteiger partial charge in [0.25, 0.3) is 0 Å². The van der Waals surface area contributed by atoms with Gasteiger partial charge in [-0.1, -0.05) is 12.1 Å². The second-order valence-electron chi connectivity index (χ2n) is 2.99. The van der Waals surface area contributed by atoms with Crippen LogP contribution < -0.4 is 0 Å². The van der Waals surface area contributed by atoms with Crippen LogP contribution in [0.4, 0.5) is 0 Å². The molecular formula is C9H12INO. The van der Waals surface area contributed by atoms with Crippen molar-refractivity contribution in [3.05, 3.63) is 27.3 Å². The molecule has 0 radical (unpaired) electrons. The van der Waals surface area contributed by atoms with Crippen LogP contribution in [0.3, 0.4) is 0 Å². The van der Waals surface area contributed by atoms with Gasteiger partial charge in [0, 0.05) is 12.1 Å². The van der Waals surface area contributed by atoms with E-state index in [4.69, 9.17) is 0 Å². The predicted octanol–water partition coefficient (Wildman–Crippen LogP) is 2.06. The van der Waals surface area contributed by atoms with Crippen molar-refractivity contribution in [2.45, 2.75) is 6.54 Å². The smallest absolute Gasteiger partial charge is 0.133 e. The van der Waals surface area contributed by atoms with Crippen molar-refractivity contribution >= 4 is 22.6 Å². The Labute approximate surface area is 86.3 Å². The summed E-state index contributed by atoms with van der Waals surface area (Å²) in [6.45, 7) is 0.780. The van der Waals surface area contributed by atoms with Gasteiger partial charge in [-0.15, -0.1) is 0 Å². The summed E-state index contributed by atoms with van der Waals surface area (Å²) in [6.07, 6.45) is 0. The average Bonchev–Trinajstić information content (AvgIpc) is 1.98. The largest absolute Gasteiger partial charge is 0.507 e.